The fourth-order valence-corrected chi connectivity index (χ4v) is 1.97. The number of hydrogen-bond acceptors (Lipinski definition) is 5. The molecule has 0 radical (unpaired) electrons. The van der Waals surface area contributed by atoms with Gasteiger partial charge in [-0.1, -0.05) is 4.49 Å². The molecule has 0 unspecified atom stereocenters. The van der Waals surface area contributed by atoms with Crippen LogP contribution in [-0.2, 0) is 0 Å². The lowest BCUT2D eigenvalue weighted by molar-refractivity contribution is 0.0703. The lowest BCUT2D eigenvalue weighted by Gasteiger charge is -2.31. The van der Waals surface area contributed by atoms with E-state index in [9.17, 15) is 4.79 Å². The van der Waals surface area contributed by atoms with Gasteiger partial charge in [0.15, 0.2) is 5.69 Å². The number of nitrogens with zero attached hydrogens (tertiary/aromatic N) is 3. The summed E-state index contributed by atoms with van der Waals surface area (Å²) < 4.78 is 3.69. The SMILES string of the molecule is C[C@H]1CN(C(=O)c2csnn2)CCN1.Cl. The van der Waals surface area contributed by atoms with Crippen LogP contribution in [-0.4, -0.2) is 46.1 Å². The quantitative estimate of drug-likeness (QED) is 0.782. The summed E-state index contributed by atoms with van der Waals surface area (Å²) in [6.45, 7) is 4.42. The van der Waals surface area contributed by atoms with Gasteiger partial charge in [0.1, 0.15) is 0 Å². The number of nitrogens with one attached hydrogen (secondary N) is 1. The summed E-state index contributed by atoms with van der Waals surface area (Å²) in [5, 5.41) is 8.75. The first-order valence-electron chi connectivity index (χ1n) is 4.57. The van der Waals surface area contributed by atoms with Crippen LogP contribution < -0.4 is 5.32 Å². The molecule has 1 fully saturated rings. The number of carbonyl (C=O) groups excluding carboxylic acids is 1. The second kappa shape index (κ2) is 5.39. The van der Waals surface area contributed by atoms with E-state index in [0.717, 1.165) is 19.6 Å². The van der Waals surface area contributed by atoms with Crippen molar-refractivity contribution >= 4 is 29.8 Å². The zero-order chi connectivity index (χ0) is 9.97. The highest BCUT2D eigenvalue weighted by Crippen LogP contribution is 2.06. The number of halogens is 1. The van der Waals surface area contributed by atoms with Gasteiger partial charge in [-0.2, -0.15) is 0 Å². The molecule has 1 aliphatic heterocycles. The molecule has 15 heavy (non-hydrogen) atoms. The summed E-state index contributed by atoms with van der Waals surface area (Å²) in [6.07, 6.45) is 0. The van der Waals surface area contributed by atoms with Gasteiger partial charge in [0.2, 0.25) is 0 Å². The van der Waals surface area contributed by atoms with Crippen molar-refractivity contribution in [3.63, 3.8) is 0 Å². The topological polar surface area (TPSA) is 58.1 Å². The Hall–Kier alpha value is -0.720. The van der Waals surface area contributed by atoms with Crippen LogP contribution in [0.15, 0.2) is 5.38 Å². The standard InChI is InChI=1S/C8H12N4OS.ClH/c1-6-4-12(3-2-9-6)8(13)7-5-14-11-10-7;/h5-6,9H,2-4H2,1H3;1H/t6-;/m0./s1. The third kappa shape index (κ3) is 2.87. The van der Waals surface area contributed by atoms with Crippen LogP contribution in [0.5, 0.6) is 0 Å². The van der Waals surface area contributed by atoms with Crippen molar-refractivity contribution in [2.24, 2.45) is 0 Å². The molecule has 7 heteroatoms. The average Bonchev–Trinajstić information content (AvgIpc) is 2.69. The minimum Gasteiger partial charge on any atom is -0.334 e. The zero-order valence-corrected chi connectivity index (χ0v) is 9.98. The van der Waals surface area contributed by atoms with E-state index in [0.29, 0.717) is 11.7 Å². The Morgan fingerprint density at radius 2 is 2.53 bits per heavy atom. The van der Waals surface area contributed by atoms with Crippen LogP contribution in [0.4, 0.5) is 0 Å². The van der Waals surface area contributed by atoms with E-state index in [4.69, 9.17) is 0 Å². The van der Waals surface area contributed by atoms with Gasteiger partial charge < -0.3 is 10.2 Å². The Balaban J connectivity index is 0.00000112. The normalized spacial score (nSPS) is 20.9. The van der Waals surface area contributed by atoms with Gasteiger partial charge in [0.05, 0.1) is 0 Å². The molecule has 1 saturated heterocycles. The van der Waals surface area contributed by atoms with Crippen LogP contribution in [0.1, 0.15) is 17.4 Å². The Morgan fingerprint density at radius 1 is 1.73 bits per heavy atom. The lowest BCUT2D eigenvalue weighted by Crippen LogP contribution is -2.51. The van der Waals surface area contributed by atoms with Crippen molar-refractivity contribution in [2.45, 2.75) is 13.0 Å². The van der Waals surface area contributed by atoms with Crippen molar-refractivity contribution in [1.29, 1.82) is 0 Å². The number of hydrogen-bond donors (Lipinski definition) is 1. The number of rotatable bonds is 1. The number of piperazine rings is 1. The molecule has 1 N–H and O–H groups in total. The molecule has 1 aromatic heterocycles. The van der Waals surface area contributed by atoms with Gasteiger partial charge >= 0.3 is 0 Å². The van der Waals surface area contributed by atoms with Crippen molar-refractivity contribution < 1.29 is 4.79 Å². The summed E-state index contributed by atoms with van der Waals surface area (Å²) in [6, 6.07) is 0.360. The monoisotopic (exact) mass is 248 g/mol. The minimum atomic E-state index is -0.00731. The average molecular weight is 249 g/mol. The lowest BCUT2D eigenvalue weighted by atomic mass is 10.2. The molecule has 2 heterocycles. The smallest absolute Gasteiger partial charge is 0.275 e. The third-order valence-corrected chi connectivity index (χ3v) is 2.74. The third-order valence-electron chi connectivity index (χ3n) is 2.24. The Morgan fingerprint density at radius 3 is 3.13 bits per heavy atom. The van der Waals surface area contributed by atoms with Crippen molar-refractivity contribution in [1.82, 2.24) is 19.8 Å². The molecule has 1 amide bonds. The van der Waals surface area contributed by atoms with Crippen molar-refractivity contribution in [3.05, 3.63) is 11.1 Å². The van der Waals surface area contributed by atoms with Gasteiger partial charge in [0, 0.05) is 31.1 Å². The molecule has 1 atom stereocenters. The summed E-state index contributed by atoms with van der Waals surface area (Å²) in [5.74, 6) is -0.00731. The van der Waals surface area contributed by atoms with Crippen LogP contribution in [0.3, 0.4) is 0 Å². The van der Waals surface area contributed by atoms with Gasteiger partial charge in [0.25, 0.3) is 5.91 Å². The van der Waals surface area contributed by atoms with Crippen molar-refractivity contribution in [2.75, 3.05) is 19.6 Å². The Bertz CT molecular complexity index is 318. The molecule has 0 aromatic carbocycles. The predicted octanol–water partition coefficient (Wildman–Crippen LogP) is 0.394. The van der Waals surface area contributed by atoms with E-state index in [2.05, 4.69) is 21.8 Å². The van der Waals surface area contributed by atoms with Gasteiger partial charge in [-0.3, -0.25) is 4.79 Å². The molecule has 1 aromatic rings. The molecule has 2 rings (SSSR count). The maximum absolute atomic E-state index is 11.8. The fourth-order valence-electron chi connectivity index (χ4n) is 1.54. The van der Waals surface area contributed by atoms with Crippen molar-refractivity contribution in [3.8, 4) is 0 Å². The van der Waals surface area contributed by atoms with E-state index in [1.807, 2.05) is 4.90 Å². The fraction of sp³-hybridized carbons (Fsp3) is 0.625. The largest absolute Gasteiger partial charge is 0.334 e. The van der Waals surface area contributed by atoms with Gasteiger partial charge in [-0.15, -0.1) is 17.5 Å². The number of carbonyl (C=O) groups is 1. The van der Waals surface area contributed by atoms with E-state index < -0.39 is 0 Å². The highest BCUT2D eigenvalue weighted by molar-refractivity contribution is 7.03. The highest BCUT2D eigenvalue weighted by atomic mass is 35.5. The molecule has 84 valence electrons. The van der Waals surface area contributed by atoms with E-state index in [1.54, 1.807) is 5.38 Å². The van der Waals surface area contributed by atoms with Gasteiger partial charge in [-0.05, 0) is 18.5 Å². The first-order valence-corrected chi connectivity index (χ1v) is 5.41. The molecular formula is C8H13ClN4OS. The van der Waals surface area contributed by atoms with E-state index in [-0.39, 0.29) is 18.3 Å². The zero-order valence-electron chi connectivity index (χ0n) is 8.34. The summed E-state index contributed by atoms with van der Waals surface area (Å²) in [4.78, 5) is 13.6. The number of amides is 1. The summed E-state index contributed by atoms with van der Waals surface area (Å²) in [5.41, 5.74) is 0.462. The summed E-state index contributed by atoms with van der Waals surface area (Å²) >= 11 is 1.21. The van der Waals surface area contributed by atoms with Crippen LogP contribution in [0.2, 0.25) is 0 Å². The highest BCUT2D eigenvalue weighted by Gasteiger charge is 2.22. The first-order chi connectivity index (χ1) is 6.77. The van der Waals surface area contributed by atoms with Crippen LogP contribution in [0.25, 0.3) is 0 Å². The van der Waals surface area contributed by atoms with E-state index in [1.165, 1.54) is 11.5 Å². The molecule has 0 bridgehead atoms. The Kier molecular flexibility index (Phi) is 4.44. The second-order valence-corrected chi connectivity index (χ2v) is 4.01. The van der Waals surface area contributed by atoms with Crippen LogP contribution in [0, 0.1) is 0 Å². The molecular weight excluding hydrogens is 236 g/mol. The second-order valence-electron chi connectivity index (χ2n) is 3.40. The maximum atomic E-state index is 11.8. The molecule has 1 aliphatic rings. The van der Waals surface area contributed by atoms with Gasteiger partial charge in [-0.25, -0.2) is 0 Å². The van der Waals surface area contributed by atoms with E-state index >= 15 is 0 Å². The molecule has 0 spiro atoms. The first kappa shape index (κ1) is 12.4. The van der Waals surface area contributed by atoms with Crippen LogP contribution >= 0.6 is 23.9 Å². The molecule has 0 aliphatic carbocycles. The molecule has 0 saturated carbocycles. The summed E-state index contributed by atoms with van der Waals surface area (Å²) in [7, 11) is 0. The number of aromatic nitrogens is 2. The minimum absolute atomic E-state index is 0. The predicted molar refractivity (Wildman–Crippen MR) is 60.5 cm³/mol. The molecule has 5 nitrogen and oxygen atoms in total. The maximum Gasteiger partial charge on any atom is 0.275 e. The Labute approximate surface area is 98.4 Å².